The highest BCUT2D eigenvalue weighted by Gasteiger charge is 2.18. The average molecular weight is 384 g/mol. The number of ether oxygens (including phenoxy) is 2. The third-order valence-electron chi connectivity index (χ3n) is 5.38. The second kappa shape index (κ2) is 11.0. The molecule has 0 saturated carbocycles. The van der Waals surface area contributed by atoms with Gasteiger partial charge >= 0.3 is 0 Å². The molecular formula is C23H33N3O2. The largest absolute Gasteiger partial charge is 0.493 e. The fourth-order valence-electron chi connectivity index (χ4n) is 3.73. The van der Waals surface area contributed by atoms with E-state index in [1.807, 2.05) is 18.2 Å². The molecule has 0 atom stereocenters. The van der Waals surface area contributed by atoms with Crippen LogP contribution in [0.4, 0.5) is 0 Å². The van der Waals surface area contributed by atoms with Crippen LogP contribution in [0.2, 0.25) is 0 Å². The quantitative estimate of drug-likeness (QED) is 0.675. The van der Waals surface area contributed by atoms with Gasteiger partial charge in [0.05, 0.1) is 7.11 Å². The lowest BCUT2D eigenvalue weighted by Crippen LogP contribution is -2.37. The molecule has 2 heterocycles. The van der Waals surface area contributed by atoms with E-state index >= 15 is 0 Å². The second-order valence-electron chi connectivity index (χ2n) is 7.55. The molecule has 1 aromatic carbocycles. The van der Waals surface area contributed by atoms with Gasteiger partial charge in [0.25, 0.3) is 0 Å². The number of piperidine rings is 1. The van der Waals surface area contributed by atoms with E-state index in [0.717, 1.165) is 36.1 Å². The summed E-state index contributed by atoms with van der Waals surface area (Å²) in [6, 6.07) is 10.1. The first-order valence-corrected chi connectivity index (χ1v) is 10.4. The highest BCUT2D eigenvalue weighted by molar-refractivity contribution is 5.43. The zero-order valence-corrected chi connectivity index (χ0v) is 17.2. The normalized spacial score (nSPS) is 15.5. The number of methoxy groups -OCH3 is 1. The first-order valence-electron chi connectivity index (χ1n) is 10.4. The summed E-state index contributed by atoms with van der Waals surface area (Å²) in [6.45, 7) is 8.45. The van der Waals surface area contributed by atoms with Gasteiger partial charge in [0.15, 0.2) is 11.5 Å². The minimum absolute atomic E-state index is 0.507. The third kappa shape index (κ3) is 6.21. The van der Waals surface area contributed by atoms with Gasteiger partial charge in [0.1, 0.15) is 6.61 Å². The smallest absolute Gasteiger partial charge is 0.161 e. The molecule has 0 amide bonds. The van der Waals surface area contributed by atoms with Crippen LogP contribution in [0.25, 0.3) is 0 Å². The Morgan fingerprint density at radius 2 is 1.86 bits per heavy atom. The topological polar surface area (TPSA) is 46.6 Å². The highest BCUT2D eigenvalue weighted by Crippen LogP contribution is 2.29. The maximum atomic E-state index is 5.92. The number of nitrogens with one attached hydrogen (secondary N) is 1. The van der Waals surface area contributed by atoms with E-state index in [0.29, 0.717) is 6.61 Å². The number of pyridine rings is 1. The van der Waals surface area contributed by atoms with Gasteiger partial charge in [0.2, 0.25) is 0 Å². The van der Waals surface area contributed by atoms with Crippen LogP contribution in [-0.2, 0) is 13.2 Å². The van der Waals surface area contributed by atoms with Crippen LogP contribution in [0.5, 0.6) is 11.5 Å². The molecule has 1 aliphatic rings. The Morgan fingerprint density at radius 1 is 1.07 bits per heavy atom. The fraction of sp³-hybridized carbons (Fsp3) is 0.522. The van der Waals surface area contributed by atoms with Crippen molar-refractivity contribution in [1.29, 1.82) is 0 Å². The van der Waals surface area contributed by atoms with Crippen molar-refractivity contribution in [2.24, 2.45) is 5.92 Å². The Kier molecular flexibility index (Phi) is 8.12. The molecule has 1 aromatic heterocycles. The van der Waals surface area contributed by atoms with Gasteiger partial charge in [-0.3, -0.25) is 4.98 Å². The molecule has 0 aliphatic carbocycles. The zero-order chi connectivity index (χ0) is 19.6. The molecule has 1 fully saturated rings. The summed E-state index contributed by atoms with van der Waals surface area (Å²) >= 11 is 0. The molecule has 0 radical (unpaired) electrons. The van der Waals surface area contributed by atoms with Crippen molar-refractivity contribution in [2.75, 3.05) is 33.3 Å². The Morgan fingerprint density at radius 3 is 2.57 bits per heavy atom. The molecular weight excluding hydrogens is 350 g/mol. The van der Waals surface area contributed by atoms with E-state index in [4.69, 9.17) is 9.47 Å². The van der Waals surface area contributed by atoms with Crippen LogP contribution in [0, 0.1) is 5.92 Å². The molecule has 1 N–H and O–H groups in total. The summed E-state index contributed by atoms with van der Waals surface area (Å²) in [4.78, 5) is 6.62. The Hall–Kier alpha value is -2.11. The summed E-state index contributed by atoms with van der Waals surface area (Å²) in [5.74, 6) is 2.34. The van der Waals surface area contributed by atoms with E-state index in [9.17, 15) is 0 Å². The molecule has 152 valence electrons. The average Bonchev–Trinajstić information content (AvgIpc) is 2.75. The van der Waals surface area contributed by atoms with Gasteiger partial charge in [0, 0.05) is 18.9 Å². The van der Waals surface area contributed by atoms with Crippen molar-refractivity contribution < 1.29 is 9.47 Å². The number of benzene rings is 1. The molecule has 2 aromatic rings. The number of rotatable bonds is 10. The third-order valence-corrected chi connectivity index (χ3v) is 5.38. The Balaban J connectivity index is 1.44. The van der Waals surface area contributed by atoms with Crippen molar-refractivity contribution in [1.82, 2.24) is 15.2 Å². The summed E-state index contributed by atoms with van der Waals surface area (Å²) in [5.41, 5.74) is 2.31. The predicted octanol–water partition coefficient (Wildman–Crippen LogP) is 3.88. The van der Waals surface area contributed by atoms with Crippen LogP contribution in [0.3, 0.4) is 0 Å². The number of nitrogens with zero attached hydrogens (tertiary/aromatic N) is 2. The van der Waals surface area contributed by atoms with Crippen molar-refractivity contribution in [2.45, 2.75) is 39.3 Å². The summed E-state index contributed by atoms with van der Waals surface area (Å²) in [7, 11) is 1.69. The maximum absolute atomic E-state index is 5.92. The number of hydrogen-bond acceptors (Lipinski definition) is 5. The van der Waals surface area contributed by atoms with E-state index < -0.39 is 0 Å². The predicted molar refractivity (Wildman–Crippen MR) is 113 cm³/mol. The van der Waals surface area contributed by atoms with Crippen molar-refractivity contribution >= 4 is 0 Å². The summed E-state index contributed by atoms with van der Waals surface area (Å²) < 4.78 is 11.5. The van der Waals surface area contributed by atoms with Gasteiger partial charge in [-0.1, -0.05) is 13.0 Å². The molecule has 28 heavy (non-hydrogen) atoms. The van der Waals surface area contributed by atoms with Gasteiger partial charge < -0.3 is 19.7 Å². The second-order valence-corrected chi connectivity index (χ2v) is 7.55. The first-order chi connectivity index (χ1) is 13.8. The van der Waals surface area contributed by atoms with Gasteiger partial charge in [-0.2, -0.15) is 0 Å². The molecule has 1 saturated heterocycles. The van der Waals surface area contributed by atoms with Crippen LogP contribution in [0.15, 0.2) is 42.7 Å². The summed E-state index contributed by atoms with van der Waals surface area (Å²) in [6.07, 6.45) is 7.42. The molecule has 5 heteroatoms. The lowest BCUT2D eigenvalue weighted by molar-refractivity contribution is 0.182. The standard InChI is InChI=1S/C23H33N3O2/c1-3-12-26-13-8-19(9-14-26)16-25-17-21-4-5-22(23(15-21)27-2)28-18-20-6-10-24-11-7-20/h4-7,10-11,15,19,25H,3,8-9,12-14,16-18H2,1-2H3. The summed E-state index contributed by atoms with van der Waals surface area (Å²) in [5, 5.41) is 3.63. The minimum atomic E-state index is 0.507. The molecule has 0 unspecified atom stereocenters. The SMILES string of the molecule is CCCN1CCC(CNCc2ccc(OCc3ccncc3)c(OC)c2)CC1. The number of likely N-dealkylation sites (tertiary alicyclic amines) is 1. The molecule has 0 spiro atoms. The molecule has 3 rings (SSSR count). The lowest BCUT2D eigenvalue weighted by atomic mass is 9.96. The van der Waals surface area contributed by atoms with Crippen molar-refractivity contribution in [3.63, 3.8) is 0 Å². The Labute approximate surface area is 169 Å². The van der Waals surface area contributed by atoms with E-state index in [2.05, 4.69) is 34.3 Å². The minimum Gasteiger partial charge on any atom is -0.493 e. The van der Waals surface area contributed by atoms with Crippen LogP contribution < -0.4 is 14.8 Å². The first kappa shape index (κ1) is 20.6. The van der Waals surface area contributed by atoms with Crippen LogP contribution in [-0.4, -0.2) is 43.2 Å². The number of aromatic nitrogens is 1. The van der Waals surface area contributed by atoms with Gasteiger partial charge in [-0.05, 0) is 86.8 Å². The highest BCUT2D eigenvalue weighted by atomic mass is 16.5. The number of hydrogen-bond donors (Lipinski definition) is 1. The van der Waals surface area contributed by atoms with E-state index in [1.54, 1.807) is 19.5 Å². The zero-order valence-electron chi connectivity index (χ0n) is 17.2. The van der Waals surface area contributed by atoms with E-state index in [1.165, 1.54) is 44.5 Å². The van der Waals surface area contributed by atoms with Gasteiger partial charge in [-0.15, -0.1) is 0 Å². The van der Waals surface area contributed by atoms with Crippen LogP contribution >= 0.6 is 0 Å². The monoisotopic (exact) mass is 383 g/mol. The molecule has 1 aliphatic heterocycles. The molecule has 0 bridgehead atoms. The van der Waals surface area contributed by atoms with Crippen LogP contribution in [0.1, 0.15) is 37.3 Å². The Bertz CT molecular complexity index is 700. The lowest BCUT2D eigenvalue weighted by Gasteiger charge is -2.31. The van der Waals surface area contributed by atoms with Gasteiger partial charge in [-0.25, -0.2) is 0 Å². The maximum Gasteiger partial charge on any atom is 0.161 e. The fourth-order valence-corrected chi connectivity index (χ4v) is 3.73. The van der Waals surface area contributed by atoms with Crippen molar-refractivity contribution in [3.05, 3.63) is 53.9 Å². The molecule has 5 nitrogen and oxygen atoms in total. The van der Waals surface area contributed by atoms with E-state index in [-0.39, 0.29) is 0 Å². The van der Waals surface area contributed by atoms with Crippen molar-refractivity contribution in [3.8, 4) is 11.5 Å².